The van der Waals surface area contributed by atoms with Crippen LogP contribution in [0.2, 0.25) is 0 Å². The number of hydrogen-bond acceptors (Lipinski definition) is 7. The third kappa shape index (κ3) is 35.5. The second-order valence-electron chi connectivity index (χ2n) is 16.3. The molecule has 0 aliphatic carbocycles. The maximum atomic E-state index is 12.7. The number of allylic oxidation sites excluding steroid dienone is 2. The van der Waals surface area contributed by atoms with Crippen LogP contribution in [0.15, 0.2) is 12.2 Å². The maximum absolute atomic E-state index is 12.7. The minimum absolute atomic E-state index is 0.0346. The van der Waals surface area contributed by atoms with Crippen LogP contribution in [0.1, 0.15) is 206 Å². The Morgan fingerprint density at radius 3 is 1.43 bits per heavy atom. The zero-order valence-corrected chi connectivity index (χ0v) is 35.4. The summed E-state index contributed by atoms with van der Waals surface area (Å²) in [6.45, 7) is 4.60. The number of carboxylic acid groups (broad SMARTS) is 1. The average molecular weight is 752 g/mol. The Labute approximate surface area is 327 Å². The van der Waals surface area contributed by atoms with Crippen molar-refractivity contribution in [3.05, 3.63) is 12.2 Å². The van der Waals surface area contributed by atoms with Gasteiger partial charge in [0.2, 0.25) is 0 Å². The van der Waals surface area contributed by atoms with Crippen molar-refractivity contribution >= 4 is 17.9 Å². The van der Waals surface area contributed by atoms with Crippen LogP contribution in [0.5, 0.6) is 0 Å². The van der Waals surface area contributed by atoms with Gasteiger partial charge in [0, 0.05) is 19.3 Å². The normalized spacial score (nSPS) is 13.0. The van der Waals surface area contributed by atoms with E-state index >= 15 is 0 Å². The highest BCUT2D eigenvalue weighted by molar-refractivity contribution is 5.70. The maximum Gasteiger partial charge on any atom is 0.306 e. The predicted octanol–water partition coefficient (Wildman–Crippen LogP) is 10.6. The lowest BCUT2D eigenvalue weighted by atomic mass is 10.0. The van der Waals surface area contributed by atoms with Gasteiger partial charge in [-0.25, -0.2) is 0 Å². The molecule has 0 aliphatic heterocycles. The first kappa shape index (κ1) is 51.1. The number of likely N-dealkylation sites (N-methyl/N-ethyl adjacent to an activating group) is 1. The van der Waals surface area contributed by atoms with Gasteiger partial charge in [0.05, 0.1) is 40.3 Å². The van der Waals surface area contributed by atoms with E-state index in [1.807, 2.05) is 6.08 Å². The molecule has 0 bridgehead atoms. The summed E-state index contributed by atoms with van der Waals surface area (Å²) in [6.07, 6.45) is 38.4. The van der Waals surface area contributed by atoms with Gasteiger partial charge in [0.15, 0.2) is 6.10 Å². The van der Waals surface area contributed by atoms with E-state index in [0.29, 0.717) is 12.8 Å². The largest absolute Gasteiger partial charge is 0.544 e. The Morgan fingerprint density at radius 1 is 0.547 bits per heavy atom. The molecule has 312 valence electrons. The van der Waals surface area contributed by atoms with Crippen LogP contribution in [0.25, 0.3) is 0 Å². The number of esters is 2. The number of quaternary nitrogens is 1. The monoisotopic (exact) mass is 752 g/mol. The molecule has 53 heavy (non-hydrogen) atoms. The SMILES string of the molecule is CCCCCC/C=C/CCC(=O)OCC(COCCC(C(=O)[O-])[N+](C)(C)C)OC(=O)CCCCCCCCCCCCCCCCCCCCCCC. The summed E-state index contributed by atoms with van der Waals surface area (Å²) in [6, 6.07) is -0.724. The number of carbonyl (C=O) groups is 3. The number of carbonyl (C=O) groups excluding carboxylic acids is 3. The molecule has 0 radical (unpaired) electrons. The van der Waals surface area contributed by atoms with Gasteiger partial charge in [-0.3, -0.25) is 9.59 Å². The van der Waals surface area contributed by atoms with Gasteiger partial charge in [0.25, 0.3) is 0 Å². The van der Waals surface area contributed by atoms with E-state index in [9.17, 15) is 19.5 Å². The number of carboxylic acids is 1. The number of nitrogens with zero attached hydrogens (tertiary/aromatic N) is 1. The van der Waals surface area contributed by atoms with Crippen molar-refractivity contribution in [2.45, 2.75) is 219 Å². The Kier molecular flexibility index (Phi) is 35.7. The highest BCUT2D eigenvalue weighted by atomic mass is 16.6. The van der Waals surface area contributed by atoms with Gasteiger partial charge >= 0.3 is 11.9 Å². The highest BCUT2D eigenvalue weighted by Gasteiger charge is 2.25. The molecule has 0 N–H and O–H groups in total. The van der Waals surface area contributed by atoms with Crippen molar-refractivity contribution in [2.24, 2.45) is 0 Å². The summed E-state index contributed by atoms with van der Waals surface area (Å²) in [7, 11) is 5.40. The Morgan fingerprint density at radius 2 is 0.981 bits per heavy atom. The second-order valence-corrected chi connectivity index (χ2v) is 16.3. The van der Waals surface area contributed by atoms with E-state index in [1.54, 1.807) is 21.1 Å². The van der Waals surface area contributed by atoms with Crippen LogP contribution < -0.4 is 5.11 Å². The number of hydrogen-bond donors (Lipinski definition) is 0. The van der Waals surface area contributed by atoms with Crippen LogP contribution in [-0.2, 0) is 28.6 Å². The highest BCUT2D eigenvalue weighted by Crippen LogP contribution is 2.16. The number of aliphatic carboxylic acids is 1. The molecule has 2 unspecified atom stereocenters. The molecule has 0 rings (SSSR count). The summed E-state index contributed by atoms with van der Waals surface area (Å²) >= 11 is 0. The van der Waals surface area contributed by atoms with Gasteiger partial charge in [0.1, 0.15) is 12.6 Å². The number of rotatable bonds is 40. The van der Waals surface area contributed by atoms with Crippen molar-refractivity contribution in [3.8, 4) is 0 Å². The van der Waals surface area contributed by atoms with Crippen LogP contribution in [-0.4, -0.2) is 75.5 Å². The van der Waals surface area contributed by atoms with Crippen molar-refractivity contribution < 1.29 is 38.2 Å². The molecule has 0 fully saturated rings. The third-order valence-corrected chi connectivity index (χ3v) is 10.2. The molecule has 0 aromatic carbocycles. The first-order valence-corrected chi connectivity index (χ1v) is 22.2. The van der Waals surface area contributed by atoms with E-state index < -0.39 is 18.1 Å². The first-order chi connectivity index (χ1) is 25.6. The molecule has 2 atom stereocenters. The number of unbranched alkanes of at least 4 members (excludes halogenated alkanes) is 24. The van der Waals surface area contributed by atoms with Gasteiger partial charge in [-0.1, -0.05) is 174 Å². The lowest BCUT2D eigenvalue weighted by molar-refractivity contribution is -0.889. The molecule has 0 spiro atoms. The lowest BCUT2D eigenvalue weighted by Gasteiger charge is -2.34. The Balaban J connectivity index is 4.18. The summed E-state index contributed by atoms with van der Waals surface area (Å²) < 4.78 is 17.1. The summed E-state index contributed by atoms with van der Waals surface area (Å²) in [5, 5.41) is 11.6. The molecule has 8 nitrogen and oxygen atoms in total. The van der Waals surface area contributed by atoms with Crippen LogP contribution in [0.3, 0.4) is 0 Å². The molecule has 0 amide bonds. The van der Waals surface area contributed by atoms with E-state index in [2.05, 4.69) is 19.9 Å². The van der Waals surface area contributed by atoms with Crippen LogP contribution in [0, 0.1) is 0 Å². The molecule has 0 saturated carbocycles. The molecule has 0 heterocycles. The van der Waals surface area contributed by atoms with Crippen LogP contribution >= 0.6 is 0 Å². The number of ether oxygens (including phenoxy) is 3. The second kappa shape index (κ2) is 37.0. The zero-order valence-electron chi connectivity index (χ0n) is 35.4. The Hall–Kier alpha value is -1.93. The molecule has 0 aromatic heterocycles. The smallest absolute Gasteiger partial charge is 0.306 e. The summed E-state index contributed by atoms with van der Waals surface area (Å²) in [4.78, 5) is 36.6. The quantitative estimate of drug-likeness (QED) is 0.0266. The fourth-order valence-electron chi connectivity index (χ4n) is 6.68. The van der Waals surface area contributed by atoms with E-state index in [1.165, 1.54) is 141 Å². The van der Waals surface area contributed by atoms with E-state index in [4.69, 9.17) is 14.2 Å². The fraction of sp³-hybridized carbons (Fsp3) is 0.889. The van der Waals surface area contributed by atoms with Gasteiger partial charge < -0.3 is 28.6 Å². The molecular formula is C45H85NO7. The van der Waals surface area contributed by atoms with E-state index in [-0.39, 0.29) is 49.1 Å². The molecule has 0 aliphatic rings. The van der Waals surface area contributed by atoms with Crippen LogP contribution in [0.4, 0.5) is 0 Å². The molecular weight excluding hydrogens is 666 g/mol. The fourth-order valence-corrected chi connectivity index (χ4v) is 6.68. The van der Waals surface area contributed by atoms with Gasteiger partial charge in [-0.2, -0.15) is 0 Å². The molecule has 0 aromatic rings. The average Bonchev–Trinajstić information content (AvgIpc) is 3.11. The van der Waals surface area contributed by atoms with Crippen molar-refractivity contribution in [2.75, 3.05) is 41.0 Å². The topological polar surface area (TPSA) is 102 Å². The first-order valence-electron chi connectivity index (χ1n) is 22.2. The molecule has 0 saturated heterocycles. The van der Waals surface area contributed by atoms with Gasteiger partial charge in [-0.15, -0.1) is 0 Å². The van der Waals surface area contributed by atoms with Crippen molar-refractivity contribution in [1.29, 1.82) is 0 Å². The minimum atomic E-state index is -1.13. The lowest BCUT2D eigenvalue weighted by Crippen LogP contribution is -2.55. The van der Waals surface area contributed by atoms with E-state index in [0.717, 1.165) is 25.7 Å². The Bertz CT molecular complexity index is 885. The zero-order chi connectivity index (χ0) is 39.3. The van der Waals surface area contributed by atoms with Gasteiger partial charge in [-0.05, 0) is 25.7 Å². The van der Waals surface area contributed by atoms with Crippen molar-refractivity contribution in [1.82, 2.24) is 0 Å². The summed E-state index contributed by atoms with van der Waals surface area (Å²) in [5.41, 5.74) is 0. The third-order valence-electron chi connectivity index (χ3n) is 10.2. The standard InChI is InChI=1S/C45H85NO7/c1-6-8-10-12-14-16-17-18-19-20-21-22-23-24-25-26-27-28-30-32-34-36-44(48)53-41(39-51-38-37-42(45(49)50)46(3,4)5)40-52-43(47)35-33-31-29-15-13-11-9-7-2/h29,31,41-42H,6-28,30,32-40H2,1-5H3/b31-29+. The predicted molar refractivity (Wildman–Crippen MR) is 217 cm³/mol. The summed E-state index contributed by atoms with van der Waals surface area (Å²) in [5.74, 6) is -1.79. The van der Waals surface area contributed by atoms with Crippen molar-refractivity contribution in [3.63, 3.8) is 0 Å². The molecule has 8 heteroatoms. The minimum Gasteiger partial charge on any atom is -0.544 e.